The van der Waals surface area contributed by atoms with Gasteiger partial charge >= 0.3 is 6.03 Å². The molecule has 3 heterocycles. The van der Waals surface area contributed by atoms with E-state index >= 15 is 0 Å². The molecule has 2 aromatic rings. The maximum Gasteiger partial charge on any atom is 0.325 e. The number of imide groups is 1. The first-order valence-corrected chi connectivity index (χ1v) is 9.42. The van der Waals surface area contributed by atoms with E-state index in [1.807, 2.05) is 18.2 Å². The Bertz CT molecular complexity index is 979. The van der Waals surface area contributed by atoms with Crippen molar-refractivity contribution >= 4 is 11.9 Å². The van der Waals surface area contributed by atoms with Gasteiger partial charge in [0.15, 0.2) is 23.1 Å². The molecule has 1 saturated carbocycles. The standard InChI is InChI=1S/C19H21N5O4/c1-19(2)17(25)21-18(26)23(19)10-15-20-16(11-3-4-11)22-24(15)12-5-6-13-14(9-12)28-8-7-27-13/h5-6,9,11H,3-4,7-8,10H2,1-2H3,(H,21,25,26). The Hall–Kier alpha value is -3.10. The maximum atomic E-state index is 12.3. The summed E-state index contributed by atoms with van der Waals surface area (Å²) in [7, 11) is 0. The van der Waals surface area contributed by atoms with Crippen molar-refractivity contribution in [3.05, 3.63) is 29.8 Å². The molecule has 0 unspecified atom stereocenters. The van der Waals surface area contributed by atoms with Crippen LogP contribution in [0.3, 0.4) is 0 Å². The van der Waals surface area contributed by atoms with Crippen molar-refractivity contribution < 1.29 is 19.1 Å². The van der Waals surface area contributed by atoms with E-state index in [4.69, 9.17) is 19.6 Å². The van der Waals surface area contributed by atoms with Crippen molar-refractivity contribution in [1.82, 2.24) is 25.0 Å². The third-order valence-corrected chi connectivity index (χ3v) is 5.40. The molecule has 0 radical (unpaired) electrons. The second kappa shape index (κ2) is 5.95. The number of ether oxygens (including phenoxy) is 2. The Morgan fingerprint density at radius 1 is 1.18 bits per heavy atom. The van der Waals surface area contributed by atoms with E-state index in [-0.39, 0.29) is 12.5 Å². The minimum Gasteiger partial charge on any atom is -0.486 e. The van der Waals surface area contributed by atoms with Crippen LogP contribution in [0.4, 0.5) is 4.79 Å². The van der Waals surface area contributed by atoms with Crippen LogP contribution in [-0.2, 0) is 11.3 Å². The maximum absolute atomic E-state index is 12.3. The Morgan fingerprint density at radius 2 is 1.93 bits per heavy atom. The quantitative estimate of drug-likeness (QED) is 0.808. The van der Waals surface area contributed by atoms with Gasteiger partial charge in [0.1, 0.15) is 18.8 Å². The molecule has 1 aliphatic carbocycles. The summed E-state index contributed by atoms with van der Waals surface area (Å²) >= 11 is 0. The zero-order chi connectivity index (χ0) is 19.5. The van der Waals surface area contributed by atoms with Crippen molar-refractivity contribution in [2.75, 3.05) is 13.2 Å². The van der Waals surface area contributed by atoms with Gasteiger partial charge in [-0.05, 0) is 38.8 Å². The third-order valence-electron chi connectivity index (χ3n) is 5.40. The van der Waals surface area contributed by atoms with Crippen molar-refractivity contribution in [2.24, 2.45) is 0 Å². The van der Waals surface area contributed by atoms with Gasteiger partial charge in [-0.25, -0.2) is 14.5 Å². The lowest BCUT2D eigenvalue weighted by atomic mass is 10.0. The summed E-state index contributed by atoms with van der Waals surface area (Å²) in [5, 5.41) is 7.06. The van der Waals surface area contributed by atoms with Crippen LogP contribution in [0.15, 0.2) is 18.2 Å². The van der Waals surface area contributed by atoms with E-state index in [1.165, 1.54) is 4.90 Å². The molecule has 9 nitrogen and oxygen atoms in total. The molecular weight excluding hydrogens is 362 g/mol. The van der Waals surface area contributed by atoms with Gasteiger partial charge in [0.25, 0.3) is 5.91 Å². The fourth-order valence-corrected chi connectivity index (χ4v) is 3.45. The first-order valence-electron chi connectivity index (χ1n) is 9.42. The molecule has 0 bridgehead atoms. The van der Waals surface area contributed by atoms with Crippen molar-refractivity contribution in [3.63, 3.8) is 0 Å². The molecule has 5 rings (SSSR count). The highest BCUT2D eigenvalue weighted by Crippen LogP contribution is 2.39. The van der Waals surface area contributed by atoms with E-state index in [0.717, 1.165) is 24.4 Å². The van der Waals surface area contributed by atoms with E-state index in [1.54, 1.807) is 18.5 Å². The fraction of sp³-hybridized carbons (Fsp3) is 0.474. The fourth-order valence-electron chi connectivity index (χ4n) is 3.45. The van der Waals surface area contributed by atoms with Crippen molar-refractivity contribution in [2.45, 2.75) is 44.7 Å². The first kappa shape index (κ1) is 17.0. The molecule has 3 amide bonds. The molecule has 0 spiro atoms. The normalized spacial score (nSPS) is 20.4. The number of fused-ring (bicyclic) bond motifs is 1. The van der Waals surface area contributed by atoms with E-state index < -0.39 is 11.6 Å². The van der Waals surface area contributed by atoms with Crippen LogP contribution < -0.4 is 14.8 Å². The molecule has 146 valence electrons. The smallest absolute Gasteiger partial charge is 0.325 e. The second-order valence-electron chi connectivity index (χ2n) is 7.80. The van der Waals surface area contributed by atoms with Gasteiger partial charge in [-0.15, -0.1) is 0 Å². The van der Waals surface area contributed by atoms with E-state index in [0.29, 0.717) is 36.5 Å². The number of carbonyl (C=O) groups excluding carboxylic acids is 2. The Morgan fingerprint density at radius 3 is 2.61 bits per heavy atom. The lowest BCUT2D eigenvalue weighted by molar-refractivity contribution is -0.125. The molecule has 2 aliphatic heterocycles. The lowest BCUT2D eigenvalue weighted by Gasteiger charge is -2.27. The number of urea groups is 1. The number of nitrogens with zero attached hydrogens (tertiary/aromatic N) is 4. The molecule has 1 saturated heterocycles. The number of rotatable bonds is 4. The van der Waals surface area contributed by atoms with Crippen LogP contribution in [0.25, 0.3) is 5.69 Å². The number of carbonyl (C=O) groups is 2. The summed E-state index contributed by atoms with van der Waals surface area (Å²) in [4.78, 5) is 30.6. The number of amides is 3. The number of hydrogen-bond donors (Lipinski definition) is 1. The summed E-state index contributed by atoms with van der Waals surface area (Å²) in [6.45, 7) is 4.65. The molecule has 9 heteroatoms. The molecule has 3 aliphatic rings. The number of benzene rings is 1. The zero-order valence-electron chi connectivity index (χ0n) is 15.8. The summed E-state index contributed by atoms with van der Waals surface area (Å²) in [6, 6.07) is 5.19. The summed E-state index contributed by atoms with van der Waals surface area (Å²) in [5.74, 6) is 2.78. The lowest BCUT2D eigenvalue weighted by Crippen LogP contribution is -2.44. The van der Waals surface area contributed by atoms with Crippen LogP contribution in [0.1, 0.15) is 44.3 Å². The first-order chi connectivity index (χ1) is 13.4. The van der Waals surface area contributed by atoms with Crippen LogP contribution in [0.2, 0.25) is 0 Å². The average Bonchev–Trinajstić information content (AvgIpc) is 3.41. The average molecular weight is 383 g/mol. The number of aromatic nitrogens is 3. The number of nitrogens with one attached hydrogen (secondary N) is 1. The molecule has 1 aromatic carbocycles. The minimum atomic E-state index is -0.944. The molecule has 0 atom stereocenters. The van der Waals surface area contributed by atoms with Gasteiger partial charge < -0.3 is 14.4 Å². The van der Waals surface area contributed by atoms with Gasteiger partial charge in [-0.1, -0.05) is 0 Å². The van der Waals surface area contributed by atoms with Gasteiger partial charge in [0, 0.05) is 12.0 Å². The van der Waals surface area contributed by atoms with Gasteiger partial charge in [-0.3, -0.25) is 10.1 Å². The predicted molar refractivity (Wildman–Crippen MR) is 97.5 cm³/mol. The largest absolute Gasteiger partial charge is 0.486 e. The second-order valence-corrected chi connectivity index (χ2v) is 7.80. The highest BCUT2D eigenvalue weighted by Gasteiger charge is 2.46. The van der Waals surface area contributed by atoms with Gasteiger partial charge in [0.2, 0.25) is 0 Å². The SMILES string of the molecule is CC1(C)C(=O)NC(=O)N1Cc1nc(C2CC2)nn1-c1ccc2c(c1)OCCO2. The highest BCUT2D eigenvalue weighted by molar-refractivity contribution is 6.06. The van der Waals surface area contributed by atoms with Crippen LogP contribution in [0, 0.1) is 0 Å². The van der Waals surface area contributed by atoms with Crippen molar-refractivity contribution in [3.8, 4) is 17.2 Å². The Kier molecular flexibility index (Phi) is 3.62. The van der Waals surface area contributed by atoms with Crippen LogP contribution in [0.5, 0.6) is 11.5 Å². The topological polar surface area (TPSA) is 98.6 Å². The Balaban J connectivity index is 1.53. The molecule has 28 heavy (non-hydrogen) atoms. The monoisotopic (exact) mass is 383 g/mol. The third kappa shape index (κ3) is 2.69. The molecule has 1 N–H and O–H groups in total. The van der Waals surface area contributed by atoms with Crippen molar-refractivity contribution in [1.29, 1.82) is 0 Å². The Labute approximate surface area is 161 Å². The minimum absolute atomic E-state index is 0.179. The van der Waals surface area contributed by atoms with Gasteiger partial charge in [-0.2, -0.15) is 5.10 Å². The molecule has 1 aromatic heterocycles. The molecule has 2 fully saturated rings. The van der Waals surface area contributed by atoms with E-state index in [2.05, 4.69) is 5.32 Å². The van der Waals surface area contributed by atoms with Crippen LogP contribution in [-0.4, -0.2) is 50.4 Å². The van der Waals surface area contributed by atoms with Crippen LogP contribution >= 0.6 is 0 Å². The summed E-state index contributed by atoms with van der Waals surface area (Å²) < 4.78 is 13.0. The predicted octanol–water partition coefficient (Wildman–Crippen LogP) is 1.75. The van der Waals surface area contributed by atoms with Gasteiger partial charge in [0.05, 0.1) is 12.2 Å². The molecular formula is C19H21N5O4. The highest BCUT2D eigenvalue weighted by atomic mass is 16.6. The zero-order valence-corrected chi connectivity index (χ0v) is 15.8. The summed E-state index contributed by atoms with van der Waals surface area (Å²) in [6.07, 6.45) is 2.14. The van der Waals surface area contributed by atoms with E-state index in [9.17, 15) is 9.59 Å². The number of hydrogen-bond acceptors (Lipinski definition) is 6. The summed E-state index contributed by atoms with van der Waals surface area (Å²) in [5.41, 5.74) is -0.164.